The minimum atomic E-state index is -0.183. The van der Waals surface area contributed by atoms with Gasteiger partial charge >= 0.3 is 0 Å². The number of hydrogen-bond donors (Lipinski definition) is 0. The smallest absolute Gasteiger partial charge is 0.262 e. The highest BCUT2D eigenvalue weighted by molar-refractivity contribution is 7.99. The molecule has 28 heavy (non-hydrogen) atoms. The van der Waals surface area contributed by atoms with Gasteiger partial charge in [0.25, 0.3) is 5.56 Å². The van der Waals surface area contributed by atoms with Crippen LogP contribution < -0.4 is 10.3 Å². The van der Waals surface area contributed by atoms with Gasteiger partial charge in [0.1, 0.15) is 5.75 Å². The number of aromatic nitrogens is 2. The first-order chi connectivity index (χ1) is 13.5. The second-order valence-electron chi connectivity index (χ2n) is 5.93. The molecule has 144 valence electrons. The average molecular weight is 415 g/mol. The summed E-state index contributed by atoms with van der Waals surface area (Å²) < 4.78 is 6.90. The molecular weight excluding hydrogens is 396 g/mol. The summed E-state index contributed by atoms with van der Waals surface area (Å²) in [6, 6.07) is 12.0. The number of ether oxygens (including phenoxy) is 1. The van der Waals surface area contributed by atoms with Crippen LogP contribution in [0.25, 0.3) is 10.9 Å². The Kier molecular flexibility index (Phi) is 6.54. The highest BCUT2D eigenvalue weighted by atomic mass is 35.5. The van der Waals surface area contributed by atoms with Gasteiger partial charge in [-0.3, -0.25) is 14.2 Å². The van der Waals surface area contributed by atoms with Crippen LogP contribution in [-0.2, 0) is 6.54 Å². The van der Waals surface area contributed by atoms with Gasteiger partial charge in [-0.25, -0.2) is 4.98 Å². The SMILES string of the molecule is C=CCn1c(SCC(=O)c2ccc(OCC)cc2)nc2cc(Cl)ccc2c1=O. The van der Waals surface area contributed by atoms with E-state index in [4.69, 9.17) is 16.3 Å². The van der Waals surface area contributed by atoms with Gasteiger partial charge in [0.15, 0.2) is 10.9 Å². The zero-order valence-corrected chi connectivity index (χ0v) is 16.9. The Morgan fingerprint density at radius 1 is 1.29 bits per heavy atom. The molecule has 1 heterocycles. The second-order valence-corrected chi connectivity index (χ2v) is 7.31. The lowest BCUT2D eigenvalue weighted by Crippen LogP contribution is -2.23. The monoisotopic (exact) mass is 414 g/mol. The number of ketones is 1. The van der Waals surface area contributed by atoms with Crippen LogP contribution in [-0.4, -0.2) is 27.7 Å². The maximum atomic E-state index is 12.8. The van der Waals surface area contributed by atoms with Crippen molar-refractivity contribution in [1.29, 1.82) is 0 Å². The lowest BCUT2D eigenvalue weighted by atomic mass is 10.1. The normalized spacial score (nSPS) is 10.8. The summed E-state index contributed by atoms with van der Waals surface area (Å²) in [6.45, 7) is 6.49. The fourth-order valence-corrected chi connectivity index (χ4v) is 3.76. The molecule has 7 heteroatoms. The van der Waals surface area contributed by atoms with E-state index in [1.165, 1.54) is 16.3 Å². The van der Waals surface area contributed by atoms with Gasteiger partial charge in [-0.2, -0.15) is 0 Å². The molecule has 5 nitrogen and oxygen atoms in total. The van der Waals surface area contributed by atoms with Gasteiger partial charge in [0, 0.05) is 17.1 Å². The summed E-state index contributed by atoms with van der Waals surface area (Å²) in [4.78, 5) is 29.9. The quantitative estimate of drug-likeness (QED) is 0.233. The van der Waals surface area contributed by atoms with Crippen molar-refractivity contribution in [2.45, 2.75) is 18.6 Å². The van der Waals surface area contributed by atoms with Gasteiger partial charge in [-0.05, 0) is 49.4 Å². The lowest BCUT2D eigenvalue weighted by Gasteiger charge is -2.11. The molecule has 0 aliphatic heterocycles. The molecule has 0 spiro atoms. The zero-order valence-electron chi connectivity index (χ0n) is 15.4. The fourth-order valence-electron chi connectivity index (χ4n) is 2.69. The number of benzene rings is 2. The van der Waals surface area contributed by atoms with E-state index in [9.17, 15) is 9.59 Å². The maximum Gasteiger partial charge on any atom is 0.262 e. The van der Waals surface area contributed by atoms with Crippen LogP contribution in [0.2, 0.25) is 5.02 Å². The van der Waals surface area contributed by atoms with Crippen LogP contribution in [0.4, 0.5) is 0 Å². The van der Waals surface area contributed by atoms with E-state index in [0.717, 1.165) is 5.75 Å². The van der Waals surface area contributed by atoms with Crippen LogP contribution in [0.3, 0.4) is 0 Å². The first kappa shape index (κ1) is 20.2. The molecular formula is C21H19ClN2O3S. The summed E-state index contributed by atoms with van der Waals surface area (Å²) in [5.41, 5.74) is 0.906. The Morgan fingerprint density at radius 2 is 2.04 bits per heavy atom. The van der Waals surface area contributed by atoms with Gasteiger partial charge in [0.05, 0.1) is 23.3 Å². The predicted octanol–water partition coefficient (Wildman–Crippen LogP) is 4.61. The van der Waals surface area contributed by atoms with E-state index >= 15 is 0 Å². The Morgan fingerprint density at radius 3 is 2.71 bits per heavy atom. The van der Waals surface area contributed by atoms with Crippen molar-refractivity contribution in [1.82, 2.24) is 9.55 Å². The van der Waals surface area contributed by atoms with E-state index in [1.807, 2.05) is 6.92 Å². The van der Waals surface area contributed by atoms with Crippen LogP contribution in [0.5, 0.6) is 5.75 Å². The number of hydrogen-bond acceptors (Lipinski definition) is 5. The standard InChI is InChI=1S/C21H19ClN2O3S/c1-3-11-24-20(26)17-10-7-15(22)12-18(17)23-21(24)28-13-19(25)14-5-8-16(9-6-14)27-4-2/h3,5-10,12H,1,4,11,13H2,2H3. The molecule has 0 unspecified atom stereocenters. The Balaban J connectivity index is 1.86. The highest BCUT2D eigenvalue weighted by Crippen LogP contribution is 2.22. The molecule has 0 aliphatic carbocycles. The molecule has 3 aromatic rings. The van der Waals surface area contributed by atoms with E-state index < -0.39 is 0 Å². The number of Topliss-reactive ketones (excluding diaryl/α,β-unsaturated/α-hetero) is 1. The number of thioether (sulfide) groups is 1. The molecule has 0 N–H and O–H groups in total. The Bertz CT molecular complexity index is 1080. The molecule has 0 amide bonds. The fraction of sp³-hybridized carbons (Fsp3) is 0.190. The summed E-state index contributed by atoms with van der Waals surface area (Å²) in [5.74, 6) is 0.821. The van der Waals surface area contributed by atoms with Crippen molar-refractivity contribution in [3.8, 4) is 5.75 Å². The third-order valence-corrected chi connectivity index (χ3v) is 5.23. The second kappa shape index (κ2) is 9.08. The topological polar surface area (TPSA) is 61.2 Å². The van der Waals surface area contributed by atoms with Crippen LogP contribution in [0, 0.1) is 0 Å². The Hall–Kier alpha value is -2.57. The first-order valence-electron chi connectivity index (χ1n) is 8.73. The predicted molar refractivity (Wildman–Crippen MR) is 114 cm³/mol. The van der Waals surface area contributed by atoms with E-state index in [1.54, 1.807) is 48.5 Å². The van der Waals surface area contributed by atoms with Crippen molar-refractivity contribution in [2.75, 3.05) is 12.4 Å². The minimum absolute atomic E-state index is 0.0568. The summed E-state index contributed by atoms with van der Waals surface area (Å²) >= 11 is 7.25. The van der Waals surface area contributed by atoms with Gasteiger partial charge in [0.2, 0.25) is 0 Å². The number of carbonyl (C=O) groups excluding carboxylic acids is 1. The molecule has 0 saturated heterocycles. The number of rotatable bonds is 8. The summed E-state index contributed by atoms with van der Waals surface area (Å²) in [5, 5.41) is 1.44. The number of fused-ring (bicyclic) bond motifs is 1. The molecule has 1 aromatic heterocycles. The molecule has 0 radical (unpaired) electrons. The van der Waals surface area contributed by atoms with Crippen LogP contribution >= 0.6 is 23.4 Å². The lowest BCUT2D eigenvalue weighted by molar-refractivity contribution is 0.102. The first-order valence-corrected chi connectivity index (χ1v) is 10.1. The number of carbonyl (C=O) groups is 1. The molecule has 3 rings (SSSR count). The molecule has 0 atom stereocenters. The third-order valence-electron chi connectivity index (χ3n) is 4.01. The maximum absolute atomic E-state index is 12.8. The minimum Gasteiger partial charge on any atom is -0.494 e. The largest absolute Gasteiger partial charge is 0.494 e. The third kappa shape index (κ3) is 4.46. The number of allylic oxidation sites excluding steroid dienone is 1. The van der Waals surface area contributed by atoms with Crippen LogP contribution in [0.15, 0.2) is 65.1 Å². The average Bonchev–Trinajstić information content (AvgIpc) is 2.69. The molecule has 2 aromatic carbocycles. The molecule has 0 aliphatic rings. The summed E-state index contributed by atoms with van der Waals surface area (Å²) in [7, 11) is 0. The number of halogens is 1. The highest BCUT2D eigenvalue weighted by Gasteiger charge is 2.14. The molecule has 0 bridgehead atoms. The van der Waals surface area contributed by atoms with E-state index in [0.29, 0.717) is 39.8 Å². The zero-order chi connectivity index (χ0) is 20.1. The van der Waals surface area contributed by atoms with Gasteiger partial charge in [-0.15, -0.1) is 6.58 Å². The van der Waals surface area contributed by atoms with Crippen molar-refractivity contribution in [3.63, 3.8) is 0 Å². The van der Waals surface area contributed by atoms with E-state index in [-0.39, 0.29) is 17.1 Å². The van der Waals surface area contributed by atoms with Crippen molar-refractivity contribution in [3.05, 3.63) is 76.1 Å². The molecule has 0 saturated carbocycles. The van der Waals surface area contributed by atoms with Crippen LogP contribution in [0.1, 0.15) is 17.3 Å². The van der Waals surface area contributed by atoms with Gasteiger partial charge < -0.3 is 4.74 Å². The van der Waals surface area contributed by atoms with Crippen molar-refractivity contribution in [2.24, 2.45) is 0 Å². The van der Waals surface area contributed by atoms with E-state index in [2.05, 4.69) is 11.6 Å². The number of nitrogens with zero attached hydrogens (tertiary/aromatic N) is 2. The summed E-state index contributed by atoms with van der Waals surface area (Å²) in [6.07, 6.45) is 1.63. The van der Waals surface area contributed by atoms with Crippen molar-refractivity contribution >= 4 is 40.0 Å². The van der Waals surface area contributed by atoms with Crippen molar-refractivity contribution < 1.29 is 9.53 Å². The van der Waals surface area contributed by atoms with Gasteiger partial charge in [-0.1, -0.05) is 29.4 Å². The Labute approximate surface area is 172 Å². The molecule has 0 fully saturated rings.